The number of fused-ring (bicyclic) bond motifs is 1. The number of rotatable bonds is 2. The van der Waals surface area contributed by atoms with Crippen LogP contribution in [0.15, 0.2) is 39.3 Å². The lowest BCUT2D eigenvalue weighted by atomic mass is 10.2. The topological polar surface area (TPSA) is 17.8 Å². The van der Waals surface area contributed by atoms with Gasteiger partial charge < -0.3 is 0 Å². The van der Waals surface area contributed by atoms with Gasteiger partial charge in [-0.3, -0.25) is 4.57 Å². The van der Waals surface area contributed by atoms with E-state index in [0.29, 0.717) is 10.9 Å². The van der Waals surface area contributed by atoms with Crippen molar-refractivity contribution in [1.29, 1.82) is 0 Å². The quantitative estimate of drug-likeness (QED) is 0.423. The summed E-state index contributed by atoms with van der Waals surface area (Å²) in [5, 5.41) is 0.715. The van der Waals surface area contributed by atoms with Gasteiger partial charge in [0, 0.05) is 14.0 Å². The minimum Gasteiger partial charge on any atom is -0.294 e. The van der Waals surface area contributed by atoms with Gasteiger partial charge in [-0.2, -0.15) is 0 Å². The van der Waals surface area contributed by atoms with Crippen LogP contribution in [0.5, 0.6) is 0 Å². The van der Waals surface area contributed by atoms with Crippen molar-refractivity contribution in [2.24, 2.45) is 0 Å². The molecule has 0 saturated heterocycles. The molecule has 2 nitrogen and oxygen atoms in total. The third kappa shape index (κ3) is 2.74. The average molecular weight is 449 g/mol. The van der Waals surface area contributed by atoms with Crippen molar-refractivity contribution in [1.82, 2.24) is 9.55 Å². The first-order valence-electron chi connectivity index (χ1n) is 6.20. The van der Waals surface area contributed by atoms with Gasteiger partial charge in [0.2, 0.25) is 0 Å². The van der Waals surface area contributed by atoms with E-state index < -0.39 is 0 Å². The molecule has 0 aliphatic rings. The van der Waals surface area contributed by atoms with Gasteiger partial charge in [-0.1, -0.05) is 27.5 Å². The van der Waals surface area contributed by atoms with Crippen molar-refractivity contribution in [2.75, 3.05) is 0 Å². The number of alkyl halides is 1. The number of imidazole rings is 1. The average Bonchev–Trinajstić information content (AvgIpc) is 2.80. The SMILES string of the molecule is Cc1cc(Br)c(-n2c(CCl)nc3cc(Br)ccc32)cc1Cl. The molecule has 0 N–H and O–H groups in total. The predicted molar refractivity (Wildman–Crippen MR) is 95.8 cm³/mol. The Labute approximate surface area is 149 Å². The maximum atomic E-state index is 6.28. The molecular formula is C15H10Br2Cl2N2. The predicted octanol–water partition coefficient (Wildman–Crippen LogP) is 6.25. The highest BCUT2D eigenvalue weighted by Crippen LogP contribution is 2.32. The molecule has 0 fully saturated rings. The monoisotopic (exact) mass is 446 g/mol. The molecule has 0 atom stereocenters. The number of halogens is 4. The minimum atomic E-state index is 0.324. The third-order valence-electron chi connectivity index (χ3n) is 3.27. The van der Waals surface area contributed by atoms with Gasteiger partial charge in [0.15, 0.2) is 0 Å². The summed E-state index contributed by atoms with van der Waals surface area (Å²) in [5.41, 5.74) is 3.84. The van der Waals surface area contributed by atoms with Gasteiger partial charge >= 0.3 is 0 Å². The second-order valence-corrected chi connectivity index (χ2v) is 7.13. The summed E-state index contributed by atoms with van der Waals surface area (Å²) < 4.78 is 3.98. The highest BCUT2D eigenvalue weighted by Gasteiger charge is 2.15. The van der Waals surface area contributed by atoms with Crippen molar-refractivity contribution in [3.05, 3.63) is 55.7 Å². The number of nitrogens with zero attached hydrogens (tertiary/aromatic N) is 2. The lowest BCUT2D eigenvalue weighted by molar-refractivity contribution is 0.976. The van der Waals surface area contributed by atoms with Crippen molar-refractivity contribution in [2.45, 2.75) is 12.8 Å². The van der Waals surface area contributed by atoms with Gasteiger partial charge in [-0.15, -0.1) is 11.6 Å². The first-order chi connectivity index (χ1) is 10.0. The lowest BCUT2D eigenvalue weighted by Gasteiger charge is -2.12. The molecule has 1 aromatic heterocycles. The van der Waals surface area contributed by atoms with Crippen molar-refractivity contribution >= 4 is 66.1 Å². The zero-order chi connectivity index (χ0) is 15.1. The molecule has 3 rings (SSSR count). The van der Waals surface area contributed by atoms with E-state index in [9.17, 15) is 0 Å². The maximum Gasteiger partial charge on any atom is 0.129 e. The summed E-state index contributed by atoms with van der Waals surface area (Å²) in [5.74, 6) is 1.11. The van der Waals surface area contributed by atoms with Crippen LogP contribution in [-0.4, -0.2) is 9.55 Å². The number of benzene rings is 2. The molecule has 2 aromatic carbocycles. The van der Waals surface area contributed by atoms with Crippen LogP contribution in [-0.2, 0) is 5.88 Å². The molecule has 21 heavy (non-hydrogen) atoms. The van der Waals surface area contributed by atoms with Crippen LogP contribution >= 0.6 is 55.1 Å². The Kier molecular flexibility index (Phi) is 4.33. The molecule has 0 spiro atoms. The van der Waals surface area contributed by atoms with Crippen LogP contribution in [0.4, 0.5) is 0 Å². The molecule has 0 amide bonds. The zero-order valence-electron chi connectivity index (χ0n) is 11.0. The largest absolute Gasteiger partial charge is 0.294 e. The maximum absolute atomic E-state index is 6.28. The molecule has 0 aliphatic heterocycles. The molecule has 0 radical (unpaired) electrons. The molecule has 6 heteroatoms. The first kappa shape index (κ1) is 15.3. The Hall–Kier alpha value is -0.550. The van der Waals surface area contributed by atoms with Crippen LogP contribution in [0.2, 0.25) is 5.02 Å². The Bertz CT molecular complexity index is 843. The first-order valence-corrected chi connectivity index (χ1v) is 8.70. The second kappa shape index (κ2) is 5.92. The van der Waals surface area contributed by atoms with E-state index in [1.54, 1.807) is 0 Å². The number of aryl methyl sites for hydroxylation is 1. The molecule has 1 heterocycles. The summed E-state index contributed by atoms with van der Waals surface area (Å²) in [6, 6.07) is 9.91. The number of hydrogen-bond acceptors (Lipinski definition) is 1. The van der Waals surface area contributed by atoms with Crippen LogP contribution in [0.1, 0.15) is 11.4 Å². The second-order valence-electron chi connectivity index (χ2n) is 4.68. The van der Waals surface area contributed by atoms with Gasteiger partial charge in [-0.25, -0.2) is 4.98 Å². The van der Waals surface area contributed by atoms with E-state index in [4.69, 9.17) is 23.2 Å². The molecule has 108 valence electrons. The summed E-state index contributed by atoms with van der Waals surface area (Å²) in [6.45, 7) is 1.97. The van der Waals surface area contributed by atoms with E-state index in [0.717, 1.165) is 37.1 Å². The van der Waals surface area contributed by atoms with E-state index in [1.807, 2.05) is 41.8 Å². The Morgan fingerprint density at radius 3 is 2.67 bits per heavy atom. The zero-order valence-corrected chi connectivity index (χ0v) is 15.7. The van der Waals surface area contributed by atoms with Crippen molar-refractivity contribution in [3.8, 4) is 5.69 Å². The Balaban J connectivity index is 2.36. The fraction of sp³-hybridized carbons (Fsp3) is 0.133. The van der Waals surface area contributed by atoms with Gasteiger partial charge in [0.1, 0.15) is 5.82 Å². The van der Waals surface area contributed by atoms with Gasteiger partial charge in [0.25, 0.3) is 0 Å². The van der Waals surface area contributed by atoms with Gasteiger partial charge in [-0.05, 0) is 58.7 Å². The standard InChI is InChI=1S/C15H10Br2Cl2N2/c1-8-4-10(17)14(6-11(8)19)21-13-3-2-9(16)5-12(13)20-15(21)7-18/h2-6H,7H2,1H3. The fourth-order valence-electron chi connectivity index (χ4n) is 2.27. The smallest absolute Gasteiger partial charge is 0.129 e. The molecule has 0 unspecified atom stereocenters. The highest BCUT2D eigenvalue weighted by molar-refractivity contribution is 9.10. The van der Waals surface area contributed by atoms with Crippen LogP contribution in [0.3, 0.4) is 0 Å². The lowest BCUT2D eigenvalue weighted by Crippen LogP contribution is -2.01. The molecule has 0 bridgehead atoms. The normalized spacial score (nSPS) is 11.3. The number of hydrogen-bond donors (Lipinski definition) is 0. The molecule has 3 aromatic rings. The third-order valence-corrected chi connectivity index (χ3v) is 5.05. The summed E-state index contributed by atoms with van der Waals surface area (Å²) in [4.78, 5) is 4.60. The van der Waals surface area contributed by atoms with E-state index in [1.165, 1.54) is 0 Å². The van der Waals surface area contributed by atoms with Crippen LogP contribution in [0, 0.1) is 6.92 Å². The van der Waals surface area contributed by atoms with Crippen molar-refractivity contribution in [3.63, 3.8) is 0 Å². The highest BCUT2D eigenvalue weighted by atomic mass is 79.9. The van der Waals surface area contributed by atoms with Crippen molar-refractivity contribution < 1.29 is 0 Å². The van der Waals surface area contributed by atoms with E-state index in [2.05, 4.69) is 36.8 Å². The Morgan fingerprint density at radius 1 is 1.19 bits per heavy atom. The summed E-state index contributed by atoms with van der Waals surface area (Å²) in [6.07, 6.45) is 0. The summed E-state index contributed by atoms with van der Waals surface area (Å²) >= 11 is 19.4. The molecule has 0 aliphatic carbocycles. The Morgan fingerprint density at radius 2 is 1.95 bits per heavy atom. The molecular weight excluding hydrogens is 439 g/mol. The van der Waals surface area contributed by atoms with Gasteiger partial charge in [0.05, 0.1) is 22.6 Å². The van der Waals surface area contributed by atoms with Crippen LogP contribution in [0.25, 0.3) is 16.7 Å². The van der Waals surface area contributed by atoms with E-state index >= 15 is 0 Å². The fourth-order valence-corrected chi connectivity index (χ4v) is 3.59. The minimum absolute atomic E-state index is 0.324. The number of aromatic nitrogens is 2. The summed E-state index contributed by atoms with van der Waals surface area (Å²) in [7, 11) is 0. The van der Waals surface area contributed by atoms with Crippen LogP contribution < -0.4 is 0 Å². The molecule has 0 saturated carbocycles. The van der Waals surface area contributed by atoms with E-state index in [-0.39, 0.29) is 0 Å².